The van der Waals surface area contributed by atoms with Crippen LogP contribution in [0.25, 0.3) is 0 Å². The van der Waals surface area contributed by atoms with Crippen LogP contribution >= 0.6 is 11.8 Å². The highest BCUT2D eigenvalue weighted by atomic mass is 32.2. The monoisotopic (exact) mass is 267 g/mol. The van der Waals surface area contributed by atoms with Crippen LogP contribution in [0.5, 0.6) is 5.75 Å². The quantitative estimate of drug-likeness (QED) is 0.849. The standard InChI is InChI=1S/C13H17NO3S/c1-3-9-7-14(2)11-6-10(18-8-13(15)16)4-5-12(11)17-9/h4-6,9H,3,7-8H2,1-2H3,(H,15,16). The van der Waals surface area contributed by atoms with Crippen molar-refractivity contribution in [3.63, 3.8) is 0 Å². The van der Waals surface area contributed by atoms with Crippen LogP contribution in [0.1, 0.15) is 13.3 Å². The Morgan fingerprint density at radius 3 is 3.06 bits per heavy atom. The molecule has 0 radical (unpaired) electrons. The van der Waals surface area contributed by atoms with Gasteiger partial charge in [-0.3, -0.25) is 4.79 Å². The molecule has 0 aromatic heterocycles. The fourth-order valence-corrected chi connectivity index (χ4v) is 2.61. The summed E-state index contributed by atoms with van der Waals surface area (Å²) < 4.78 is 5.86. The summed E-state index contributed by atoms with van der Waals surface area (Å²) in [5.74, 6) is 0.171. The Balaban J connectivity index is 2.16. The molecule has 1 N–H and O–H groups in total. The minimum Gasteiger partial charge on any atom is -0.486 e. The maximum atomic E-state index is 10.6. The van der Waals surface area contributed by atoms with Gasteiger partial charge in [-0.25, -0.2) is 0 Å². The van der Waals surface area contributed by atoms with Crippen molar-refractivity contribution in [2.45, 2.75) is 24.3 Å². The molecule has 1 aliphatic heterocycles. The van der Waals surface area contributed by atoms with Crippen LogP contribution in [-0.4, -0.2) is 36.5 Å². The first-order chi connectivity index (χ1) is 8.60. The lowest BCUT2D eigenvalue weighted by molar-refractivity contribution is -0.133. The van der Waals surface area contributed by atoms with Crippen LogP contribution in [0.4, 0.5) is 5.69 Å². The molecule has 0 bridgehead atoms. The number of likely N-dealkylation sites (N-methyl/N-ethyl adjacent to an activating group) is 1. The third kappa shape index (κ3) is 2.90. The van der Waals surface area contributed by atoms with Gasteiger partial charge in [-0.1, -0.05) is 6.92 Å². The summed E-state index contributed by atoms with van der Waals surface area (Å²) in [5, 5.41) is 8.68. The molecule has 1 atom stereocenters. The van der Waals surface area contributed by atoms with E-state index in [4.69, 9.17) is 9.84 Å². The number of hydrogen-bond donors (Lipinski definition) is 1. The van der Waals surface area contributed by atoms with E-state index in [1.807, 2.05) is 25.2 Å². The van der Waals surface area contributed by atoms with Crippen LogP contribution in [0.2, 0.25) is 0 Å². The molecule has 1 aromatic carbocycles. The van der Waals surface area contributed by atoms with Crippen LogP contribution < -0.4 is 9.64 Å². The van der Waals surface area contributed by atoms with Gasteiger partial charge in [0.25, 0.3) is 0 Å². The maximum absolute atomic E-state index is 10.6. The molecule has 18 heavy (non-hydrogen) atoms. The second-order valence-electron chi connectivity index (χ2n) is 4.34. The molecule has 0 aliphatic carbocycles. The van der Waals surface area contributed by atoms with Gasteiger partial charge in [0, 0.05) is 11.9 Å². The van der Waals surface area contributed by atoms with E-state index in [0.717, 1.165) is 29.3 Å². The Labute approximate surface area is 111 Å². The van der Waals surface area contributed by atoms with Gasteiger partial charge in [0.15, 0.2) is 0 Å². The summed E-state index contributed by atoms with van der Waals surface area (Å²) in [4.78, 5) is 13.7. The Morgan fingerprint density at radius 2 is 2.39 bits per heavy atom. The molecular weight excluding hydrogens is 250 g/mol. The highest BCUT2D eigenvalue weighted by Gasteiger charge is 2.22. The number of hydrogen-bond acceptors (Lipinski definition) is 4. The molecule has 0 spiro atoms. The summed E-state index contributed by atoms with van der Waals surface area (Å²) in [6.45, 7) is 2.98. The number of nitrogens with zero attached hydrogens (tertiary/aromatic N) is 1. The Hall–Kier alpha value is -1.36. The van der Waals surface area contributed by atoms with Gasteiger partial charge in [-0.15, -0.1) is 11.8 Å². The normalized spacial score (nSPS) is 18.1. The van der Waals surface area contributed by atoms with Crippen molar-refractivity contribution in [2.75, 3.05) is 24.2 Å². The van der Waals surface area contributed by atoms with E-state index in [1.165, 1.54) is 11.8 Å². The van der Waals surface area contributed by atoms with Crippen molar-refractivity contribution in [3.8, 4) is 5.75 Å². The fraction of sp³-hybridized carbons (Fsp3) is 0.462. The molecule has 1 aliphatic rings. The molecule has 0 fully saturated rings. The number of anilines is 1. The minimum atomic E-state index is -0.798. The number of benzene rings is 1. The summed E-state index contributed by atoms with van der Waals surface area (Å²) in [6, 6.07) is 5.84. The third-order valence-electron chi connectivity index (χ3n) is 2.93. The van der Waals surface area contributed by atoms with Gasteiger partial charge in [0.2, 0.25) is 0 Å². The predicted octanol–water partition coefficient (Wildman–Crippen LogP) is 2.47. The minimum absolute atomic E-state index is 0.0843. The molecule has 0 saturated heterocycles. The zero-order chi connectivity index (χ0) is 13.1. The largest absolute Gasteiger partial charge is 0.486 e. The smallest absolute Gasteiger partial charge is 0.313 e. The van der Waals surface area contributed by atoms with Crippen molar-refractivity contribution in [2.24, 2.45) is 0 Å². The molecular formula is C13H17NO3S. The van der Waals surface area contributed by atoms with Crippen molar-refractivity contribution in [1.82, 2.24) is 0 Å². The number of carbonyl (C=O) groups is 1. The van der Waals surface area contributed by atoms with E-state index in [9.17, 15) is 4.79 Å². The van der Waals surface area contributed by atoms with Gasteiger partial charge in [0.1, 0.15) is 11.9 Å². The molecule has 1 aromatic rings. The number of rotatable bonds is 4. The average Bonchev–Trinajstić information content (AvgIpc) is 2.36. The van der Waals surface area contributed by atoms with Crippen LogP contribution in [0.15, 0.2) is 23.1 Å². The molecule has 98 valence electrons. The van der Waals surface area contributed by atoms with Gasteiger partial charge >= 0.3 is 5.97 Å². The van der Waals surface area contributed by atoms with Gasteiger partial charge in [-0.05, 0) is 24.6 Å². The molecule has 1 heterocycles. The molecule has 4 nitrogen and oxygen atoms in total. The fourth-order valence-electron chi connectivity index (χ4n) is 1.96. The average molecular weight is 267 g/mol. The highest BCUT2D eigenvalue weighted by Crippen LogP contribution is 2.36. The first-order valence-corrected chi connectivity index (χ1v) is 6.95. The van der Waals surface area contributed by atoms with Crippen molar-refractivity contribution >= 4 is 23.4 Å². The molecule has 0 saturated carbocycles. The summed E-state index contributed by atoms with van der Waals surface area (Å²) in [6.07, 6.45) is 1.22. The van der Waals surface area contributed by atoms with E-state index in [2.05, 4.69) is 11.8 Å². The van der Waals surface area contributed by atoms with Gasteiger partial charge in [-0.2, -0.15) is 0 Å². The number of ether oxygens (including phenoxy) is 1. The Kier molecular flexibility index (Phi) is 4.01. The molecule has 0 amide bonds. The number of thioether (sulfide) groups is 1. The maximum Gasteiger partial charge on any atom is 0.313 e. The highest BCUT2D eigenvalue weighted by molar-refractivity contribution is 8.00. The van der Waals surface area contributed by atoms with E-state index < -0.39 is 5.97 Å². The SMILES string of the molecule is CCC1CN(C)c2cc(SCC(=O)O)ccc2O1. The summed E-state index contributed by atoms with van der Waals surface area (Å²) >= 11 is 1.33. The first kappa shape index (κ1) is 13.1. The van der Waals surface area contributed by atoms with Crippen LogP contribution in [0, 0.1) is 0 Å². The molecule has 2 rings (SSSR count). The van der Waals surface area contributed by atoms with E-state index in [1.54, 1.807) is 0 Å². The van der Waals surface area contributed by atoms with Crippen molar-refractivity contribution in [1.29, 1.82) is 0 Å². The first-order valence-electron chi connectivity index (χ1n) is 5.96. The van der Waals surface area contributed by atoms with Gasteiger partial charge in [0.05, 0.1) is 18.0 Å². The zero-order valence-corrected chi connectivity index (χ0v) is 11.4. The van der Waals surface area contributed by atoms with E-state index >= 15 is 0 Å². The zero-order valence-electron chi connectivity index (χ0n) is 10.5. The summed E-state index contributed by atoms with van der Waals surface area (Å²) in [5.41, 5.74) is 1.04. The topological polar surface area (TPSA) is 49.8 Å². The Morgan fingerprint density at radius 1 is 1.61 bits per heavy atom. The molecule has 5 heteroatoms. The van der Waals surface area contributed by atoms with E-state index in [-0.39, 0.29) is 11.9 Å². The lowest BCUT2D eigenvalue weighted by Crippen LogP contribution is -2.37. The number of carboxylic acids is 1. The third-order valence-corrected chi connectivity index (χ3v) is 3.91. The number of carboxylic acid groups (broad SMARTS) is 1. The van der Waals surface area contributed by atoms with Crippen LogP contribution in [0.3, 0.4) is 0 Å². The number of fused-ring (bicyclic) bond motifs is 1. The lowest BCUT2D eigenvalue weighted by Gasteiger charge is -2.33. The predicted molar refractivity (Wildman–Crippen MR) is 72.8 cm³/mol. The van der Waals surface area contributed by atoms with E-state index in [0.29, 0.717) is 0 Å². The van der Waals surface area contributed by atoms with Crippen LogP contribution in [-0.2, 0) is 4.79 Å². The molecule has 1 unspecified atom stereocenters. The lowest BCUT2D eigenvalue weighted by atomic mass is 10.2. The second kappa shape index (κ2) is 5.52. The van der Waals surface area contributed by atoms with Gasteiger partial charge < -0.3 is 14.7 Å². The summed E-state index contributed by atoms with van der Waals surface area (Å²) in [7, 11) is 2.04. The second-order valence-corrected chi connectivity index (χ2v) is 5.39. The van der Waals surface area contributed by atoms with Crippen molar-refractivity contribution in [3.05, 3.63) is 18.2 Å². The Bertz CT molecular complexity index is 450. The number of aliphatic carboxylic acids is 1. The van der Waals surface area contributed by atoms with Crippen molar-refractivity contribution < 1.29 is 14.6 Å².